The van der Waals surface area contributed by atoms with E-state index < -0.39 is 10.0 Å². The fourth-order valence-corrected chi connectivity index (χ4v) is 5.07. The molecular weight excluding hydrogens is 356 g/mol. The molecule has 0 atom stereocenters. The number of hydrogen-bond acceptors (Lipinski definition) is 5. The molecule has 1 aromatic rings. The van der Waals surface area contributed by atoms with E-state index >= 15 is 0 Å². The molecule has 8 heteroatoms. The summed E-state index contributed by atoms with van der Waals surface area (Å²) in [6.07, 6.45) is 2.56. The lowest BCUT2D eigenvalue weighted by Gasteiger charge is -2.30. The topological polar surface area (TPSA) is 76.1 Å². The molecule has 7 nitrogen and oxygen atoms in total. The van der Waals surface area contributed by atoms with Crippen molar-refractivity contribution in [2.75, 3.05) is 39.6 Å². The molecule has 2 heterocycles. The second kappa shape index (κ2) is 7.84. The number of methoxy groups -OCH3 is 2. The van der Waals surface area contributed by atoms with Gasteiger partial charge in [0, 0.05) is 32.6 Å². The highest BCUT2D eigenvalue weighted by atomic mass is 32.2. The number of benzene rings is 1. The zero-order valence-corrected chi connectivity index (χ0v) is 16.2. The fourth-order valence-electron chi connectivity index (χ4n) is 3.57. The summed E-state index contributed by atoms with van der Waals surface area (Å²) in [5.41, 5.74) is 2.15. The van der Waals surface area contributed by atoms with Crippen molar-refractivity contribution in [2.24, 2.45) is 0 Å². The summed E-state index contributed by atoms with van der Waals surface area (Å²) in [4.78, 5) is 14.3. The summed E-state index contributed by atoms with van der Waals surface area (Å²) in [6.45, 7) is 2.22. The normalized spacial score (nSPS) is 17.8. The second-order valence-electron chi connectivity index (χ2n) is 6.71. The van der Waals surface area contributed by atoms with Gasteiger partial charge in [0.2, 0.25) is 15.9 Å². The molecule has 1 fully saturated rings. The van der Waals surface area contributed by atoms with E-state index in [-0.39, 0.29) is 18.1 Å². The van der Waals surface area contributed by atoms with Crippen molar-refractivity contribution >= 4 is 15.9 Å². The Labute approximate surface area is 154 Å². The minimum Gasteiger partial charge on any atom is -0.493 e. The van der Waals surface area contributed by atoms with Gasteiger partial charge in [-0.3, -0.25) is 4.79 Å². The Balaban J connectivity index is 1.63. The van der Waals surface area contributed by atoms with Crippen LogP contribution in [0.4, 0.5) is 0 Å². The average Bonchev–Trinajstić information content (AvgIpc) is 3.20. The van der Waals surface area contributed by atoms with Gasteiger partial charge in [-0.1, -0.05) is 0 Å². The average molecular weight is 382 g/mol. The maximum Gasteiger partial charge on any atom is 0.223 e. The van der Waals surface area contributed by atoms with Gasteiger partial charge < -0.3 is 14.4 Å². The fraction of sp³-hybridized carbons (Fsp3) is 0.611. The summed E-state index contributed by atoms with van der Waals surface area (Å²) < 4.78 is 36.8. The molecule has 0 aliphatic carbocycles. The highest BCUT2D eigenvalue weighted by molar-refractivity contribution is 7.89. The lowest BCUT2D eigenvalue weighted by atomic mass is 9.98. The van der Waals surface area contributed by atoms with Crippen molar-refractivity contribution in [1.29, 1.82) is 0 Å². The number of fused-ring (bicyclic) bond motifs is 1. The van der Waals surface area contributed by atoms with Gasteiger partial charge in [-0.15, -0.1) is 0 Å². The number of amides is 1. The molecule has 1 aromatic carbocycles. The van der Waals surface area contributed by atoms with E-state index in [1.165, 1.54) is 4.31 Å². The smallest absolute Gasteiger partial charge is 0.223 e. The largest absolute Gasteiger partial charge is 0.493 e. The van der Waals surface area contributed by atoms with E-state index in [4.69, 9.17) is 9.47 Å². The summed E-state index contributed by atoms with van der Waals surface area (Å²) >= 11 is 0. The van der Waals surface area contributed by atoms with E-state index in [1.54, 1.807) is 19.1 Å². The minimum atomic E-state index is -3.32. The van der Waals surface area contributed by atoms with E-state index in [9.17, 15) is 13.2 Å². The van der Waals surface area contributed by atoms with Crippen molar-refractivity contribution < 1.29 is 22.7 Å². The van der Waals surface area contributed by atoms with Crippen LogP contribution in [0.1, 0.15) is 30.4 Å². The standard InChI is InChI=1S/C18H26N2O5S/c1-24-16-11-14-5-9-19(13-15(14)12-17(16)25-2)18(21)6-10-26(22,23)20-7-3-4-8-20/h11-12H,3-10,13H2,1-2H3. The van der Waals surface area contributed by atoms with Crippen LogP contribution in [-0.2, 0) is 27.8 Å². The number of sulfonamides is 1. The van der Waals surface area contributed by atoms with Crippen LogP contribution in [-0.4, -0.2) is 63.1 Å². The van der Waals surface area contributed by atoms with Crippen LogP contribution in [0.15, 0.2) is 12.1 Å². The van der Waals surface area contributed by atoms with Crippen molar-refractivity contribution in [1.82, 2.24) is 9.21 Å². The van der Waals surface area contributed by atoms with Crippen molar-refractivity contribution in [2.45, 2.75) is 32.2 Å². The summed E-state index contributed by atoms with van der Waals surface area (Å²) in [6, 6.07) is 3.85. The Kier molecular flexibility index (Phi) is 5.72. The van der Waals surface area contributed by atoms with Crippen molar-refractivity contribution in [3.63, 3.8) is 0 Å². The van der Waals surface area contributed by atoms with Gasteiger partial charge in [0.25, 0.3) is 0 Å². The molecule has 0 radical (unpaired) electrons. The van der Waals surface area contributed by atoms with Crippen LogP contribution in [0.25, 0.3) is 0 Å². The van der Waals surface area contributed by atoms with Gasteiger partial charge in [0.1, 0.15) is 0 Å². The number of carbonyl (C=O) groups is 1. The maximum absolute atomic E-state index is 12.5. The van der Waals surface area contributed by atoms with E-state index in [1.807, 2.05) is 12.1 Å². The number of hydrogen-bond donors (Lipinski definition) is 0. The zero-order chi connectivity index (χ0) is 18.7. The summed E-state index contributed by atoms with van der Waals surface area (Å²) in [7, 11) is -0.141. The second-order valence-corrected chi connectivity index (χ2v) is 8.80. The van der Waals surface area contributed by atoms with Crippen LogP contribution >= 0.6 is 0 Å². The third-order valence-electron chi connectivity index (χ3n) is 5.10. The lowest BCUT2D eigenvalue weighted by Crippen LogP contribution is -2.38. The van der Waals surface area contributed by atoms with Gasteiger partial charge in [-0.2, -0.15) is 0 Å². The molecule has 2 aliphatic rings. The Morgan fingerprint density at radius 1 is 1.04 bits per heavy atom. The van der Waals surface area contributed by atoms with Crippen LogP contribution in [0.5, 0.6) is 11.5 Å². The molecule has 1 amide bonds. The van der Waals surface area contributed by atoms with Crippen LogP contribution < -0.4 is 9.47 Å². The van der Waals surface area contributed by atoms with E-state index in [0.29, 0.717) is 37.7 Å². The predicted molar refractivity (Wildman–Crippen MR) is 97.9 cm³/mol. The number of carbonyl (C=O) groups excluding carboxylic acids is 1. The van der Waals surface area contributed by atoms with Crippen molar-refractivity contribution in [3.05, 3.63) is 23.3 Å². The third-order valence-corrected chi connectivity index (χ3v) is 6.98. The van der Waals surface area contributed by atoms with Crippen molar-refractivity contribution in [3.8, 4) is 11.5 Å². The van der Waals surface area contributed by atoms with Gasteiger partial charge in [-0.05, 0) is 42.5 Å². The first-order valence-electron chi connectivity index (χ1n) is 8.94. The maximum atomic E-state index is 12.5. The minimum absolute atomic E-state index is 0.0292. The molecule has 2 aliphatic heterocycles. The Morgan fingerprint density at radius 3 is 2.27 bits per heavy atom. The Morgan fingerprint density at radius 2 is 1.65 bits per heavy atom. The SMILES string of the molecule is COc1cc2c(cc1OC)CN(C(=O)CCS(=O)(=O)N1CCCC1)CC2. The van der Waals surface area contributed by atoms with Gasteiger partial charge in [0.05, 0.1) is 20.0 Å². The first-order chi connectivity index (χ1) is 12.4. The summed E-state index contributed by atoms with van der Waals surface area (Å²) in [5.74, 6) is 1.09. The third kappa shape index (κ3) is 3.96. The Hall–Kier alpha value is -1.80. The first kappa shape index (κ1) is 19.0. The molecule has 0 unspecified atom stereocenters. The zero-order valence-electron chi connectivity index (χ0n) is 15.4. The molecule has 0 bridgehead atoms. The quantitative estimate of drug-likeness (QED) is 0.743. The summed E-state index contributed by atoms with van der Waals surface area (Å²) in [5, 5.41) is 0. The molecule has 3 rings (SSSR count). The van der Waals surface area contributed by atoms with Gasteiger partial charge in [-0.25, -0.2) is 12.7 Å². The molecule has 144 valence electrons. The molecular formula is C18H26N2O5S. The monoisotopic (exact) mass is 382 g/mol. The molecule has 0 saturated carbocycles. The Bertz CT molecular complexity index is 772. The molecule has 0 N–H and O–H groups in total. The van der Waals surface area contributed by atoms with E-state index in [2.05, 4.69) is 0 Å². The van der Waals surface area contributed by atoms with Crippen LogP contribution in [0.2, 0.25) is 0 Å². The van der Waals surface area contributed by atoms with Gasteiger partial charge in [0.15, 0.2) is 11.5 Å². The molecule has 1 saturated heterocycles. The lowest BCUT2D eigenvalue weighted by molar-refractivity contribution is -0.131. The van der Waals surface area contributed by atoms with E-state index in [0.717, 1.165) is 30.4 Å². The number of rotatable bonds is 6. The van der Waals surface area contributed by atoms with Crippen LogP contribution in [0.3, 0.4) is 0 Å². The van der Waals surface area contributed by atoms with Gasteiger partial charge >= 0.3 is 0 Å². The molecule has 0 spiro atoms. The number of ether oxygens (including phenoxy) is 2. The number of nitrogens with zero attached hydrogens (tertiary/aromatic N) is 2. The molecule has 26 heavy (non-hydrogen) atoms. The predicted octanol–water partition coefficient (Wildman–Crippen LogP) is 1.40. The highest BCUT2D eigenvalue weighted by Crippen LogP contribution is 2.33. The highest BCUT2D eigenvalue weighted by Gasteiger charge is 2.28. The first-order valence-corrected chi connectivity index (χ1v) is 10.5. The molecule has 0 aromatic heterocycles. The van der Waals surface area contributed by atoms with Crippen LogP contribution in [0, 0.1) is 0 Å².